The number of aliphatic hydroxyl groups excluding tert-OH is 1. The van der Waals surface area contributed by atoms with E-state index >= 15 is 0 Å². The van der Waals surface area contributed by atoms with Crippen molar-refractivity contribution >= 4 is 11.3 Å². The molecule has 0 bridgehead atoms. The number of nitrogens with zero attached hydrogens (tertiary/aromatic N) is 1. The van der Waals surface area contributed by atoms with Crippen molar-refractivity contribution in [3.63, 3.8) is 0 Å². The summed E-state index contributed by atoms with van der Waals surface area (Å²) in [6, 6.07) is 0. The second-order valence-electron chi connectivity index (χ2n) is 3.34. The van der Waals surface area contributed by atoms with Gasteiger partial charge < -0.3 is 5.11 Å². The largest absolute Gasteiger partial charge is 0.388 e. The Hall–Kier alpha value is -0.410. The molecule has 1 atom stereocenters. The standard InChI is InChI=1S/C10H17NOS/c1-3-8(4-2)5-9(12)10-6-11-7-13-10/h6-9,12H,3-5H2,1-2H3. The molecular formula is C10H17NOS. The summed E-state index contributed by atoms with van der Waals surface area (Å²) in [6.07, 6.45) is 4.61. The molecule has 0 aliphatic rings. The lowest BCUT2D eigenvalue weighted by Gasteiger charge is -2.15. The third-order valence-corrected chi connectivity index (χ3v) is 3.37. The lowest BCUT2D eigenvalue weighted by Crippen LogP contribution is -2.04. The Morgan fingerprint density at radius 1 is 1.46 bits per heavy atom. The number of thiazole rings is 1. The van der Waals surface area contributed by atoms with Crippen LogP contribution in [0.2, 0.25) is 0 Å². The van der Waals surface area contributed by atoms with Gasteiger partial charge in [0, 0.05) is 6.20 Å². The van der Waals surface area contributed by atoms with Crippen molar-refractivity contribution < 1.29 is 5.11 Å². The molecule has 0 amide bonds. The number of hydrogen-bond acceptors (Lipinski definition) is 3. The normalized spacial score (nSPS) is 13.5. The first-order valence-corrected chi connectivity index (χ1v) is 5.72. The summed E-state index contributed by atoms with van der Waals surface area (Å²) in [5, 5.41) is 9.81. The lowest BCUT2D eigenvalue weighted by molar-refractivity contribution is 0.144. The third-order valence-electron chi connectivity index (χ3n) is 2.49. The van der Waals surface area contributed by atoms with Gasteiger partial charge in [0.1, 0.15) is 0 Å². The summed E-state index contributed by atoms with van der Waals surface area (Å²) in [5.41, 5.74) is 1.77. The molecule has 0 fully saturated rings. The average Bonchev–Trinajstić information content (AvgIpc) is 2.66. The summed E-state index contributed by atoms with van der Waals surface area (Å²) in [5.74, 6) is 0.636. The second-order valence-corrected chi connectivity index (χ2v) is 4.26. The Morgan fingerprint density at radius 3 is 2.62 bits per heavy atom. The first-order chi connectivity index (χ1) is 6.27. The highest BCUT2D eigenvalue weighted by molar-refractivity contribution is 7.09. The van der Waals surface area contributed by atoms with Crippen LogP contribution in [0.25, 0.3) is 0 Å². The molecule has 0 saturated carbocycles. The Balaban J connectivity index is 2.45. The molecule has 3 heteroatoms. The van der Waals surface area contributed by atoms with Gasteiger partial charge in [-0.1, -0.05) is 26.7 Å². The van der Waals surface area contributed by atoms with Crippen LogP contribution in [0.15, 0.2) is 11.7 Å². The van der Waals surface area contributed by atoms with Gasteiger partial charge in [0.15, 0.2) is 0 Å². The molecular weight excluding hydrogens is 182 g/mol. The molecule has 0 radical (unpaired) electrons. The quantitative estimate of drug-likeness (QED) is 0.790. The van der Waals surface area contributed by atoms with Gasteiger partial charge in [-0.3, -0.25) is 4.98 Å². The van der Waals surface area contributed by atoms with Crippen molar-refractivity contribution in [1.29, 1.82) is 0 Å². The fourth-order valence-corrected chi connectivity index (χ4v) is 2.06. The van der Waals surface area contributed by atoms with Gasteiger partial charge in [-0.2, -0.15) is 0 Å². The predicted molar refractivity (Wildman–Crippen MR) is 55.8 cm³/mol. The highest BCUT2D eigenvalue weighted by Gasteiger charge is 2.14. The smallest absolute Gasteiger partial charge is 0.0900 e. The maximum absolute atomic E-state index is 9.81. The van der Waals surface area contributed by atoms with Crippen molar-refractivity contribution in [2.75, 3.05) is 0 Å². The summed E-state index contributed by atoms with van der Waals surface area (Å²) in [7, 11) is 0. The molecule has 1 unspecified atom stereocenters. The van der Waals surface area contributed by atoms with Gasteiger partial charge in [0.05, 0.1) is 16.5 Å². The number of hydrogen-bond donors (Lipinski definition) is 1. The molecule has 0 saturated heterocycles. The lowest BCUT2D eigenvalue weighted by atomic mass is 9.96. The maximum Gasteiger partial charge on any atom is 0.0900 e. The van der Waals surface area contributed by atoms with E-state index in [0.717, 1.165) is 24.1 Å². The van der Waals surface area contributed by atoms with Gasteiger partial charge in [0.2, 0.25) is 0 Å². The van der Waals surface area contributed by atoms with E-state index in [4.69, 9.17) is 0 Å². The first kappa shape index (κ1) is 10.7. The molecule has 1 rings (SSSR count). The summed E-state index contributed by atoms with van der Waals surface area (Å²) >= 11 is 1.53. The minimum atomic E-state index is -0.308. The minimum Gasteiger partial charge on any atom is -0.388 e. The van der Waals surface area contributed by atoms with Crippen LogP contribution in [0.4, 0.5) is 0 Å². The van der Waals surface area contributed by atoms with Crippen molar-refractivity contribution in [3.05, 3.63) is 16.6 Å². The monoisotopic (exact) mass is 199 g/mol. The molecule has 1 N–H and O–H groups in total. The molecule has 13 heavy (non-hydrogen) atoms. The number of rotatable bonds is 5. The topological polar surface area (TPSA) is 33.1 Å². The van der Waals surface area contributed by atoms with Gasteiger partial charge in [0.25, 0.3) is 0 Å². The second kappa shape index (κ2) is 5.35. The first-order valence-electron chi connectivity index (χ1n) is 4.84. The molecule has 1 aromatic rings. The Morgan fingerprint density at radius 2 is 2.15 bits per heavy atom. The van der Waals surface area contributed by atoms with Crippen LogP contribution in [0.1, 0.15) is 44.1 Å². The van der Waals surface area contributed by atoms with Crippen molar-refractivity contribution in [2.45, 2.75) is 39.2 Å². The molecule has 2 nitrogen and oxygen atoms in total. The summed E-state index contributed by atoms with van der Waals surface area (Å²) < 4.78 is 0. The number of aliphatic hydroxyl groups is 1. The molecule has 0 aliphatic carbocycles. The highest BCUT2D eigenvalue weighted by atomic mass is 32.1. The number of aromatic nitrogens is 1. The molecule has 0 aromatic carbocycles. The van der Waals surface area contributed by atoms with Crippen molar-refractivity contribution in [2.24, 2.45) is 5.92 Å². The van der Waals surface area contributed by atoms with E-state index in [0.29, 0.717) is 5.92 Å². The summed E-state index contributed by atoms with van der Waals surface area (Å²) in [4.78, 5) is 4.95. The molecule has 0 spiro atoms. The van der Waals surface area contributed by atoms with Crippen molar-refractivity contribution in [1.82, 2.24) is 4.98 Å². The van der Waals surface area contributed by atoms with E-state index in [1.165, 1.54) is 11.3 Å². The fourth-order valence-electron chi connectivity index (χ4n) is 1.44. The fraction of sp³-hybridized carbons (Fsp3) is 0.700. The van der Waals surface area contributed by atoms with E-state index in [-0.39, 0.29) is 6.10 Å². The SMILES string of the molecule is CCC(CC)CC(O)c1cncs1. The predicted octanol–water partition coefficient (Wildman–Crippen LogP) is 3.00. The van der Waals surface area contributed by atoms with Crippen LogP contribution >= 0.6 is 11.3 Å². The third kappa shape index (κ3) is 3.08. The molecule has 0 aliphatic heterocycles. The Bertz CT molecular complexity index is 219. The zero-order valence-corrected chi connectivity index (χ0v) is 9.05. The highest BCUT2D eigenvalue weighted by Crippen LogP contribution is 2.26. The molecule has 74 valence electrons. The Kier molecular flexibility index (Phi) is 4.39. The van der Waals surface area contributed by atoms with Gasteiger partial charge in [-0.25, -0.2) is 0 Å². The summed E-state index contributed by atoms with van der Waals surface area (Å²) in [6.45, 7) is 4.35. The van der Waals surface area contributed by atoms with Gasteiger partial charge in [-0.15, -0.1) is 11.3 Å². The minimum absolute atomic E-state index is 0.308. The van der Waals surface area contributed by atoms with Crippen LogP contribution in [0.3, 0.4) is 0 Å². The van der Waals surface area contributed by atoms with Crippen LogP contribution in [-0.2, 0) is 0 Å². The van der Waals surface area contributed by atoms with E-state index in [1.807, 2.05) is 0 Å². The van der Waals surface area contributed by atoms with Gasteiger partial charge in [-0.05, 0) is 12.3 Å². The van der Waals surface area contributed by atoms with Crippen LogP contribution in [-0.4, -0.2) is 10.1 Å². The van der Waals surface area contributed by atoms with E-state index in [1.54, 1.807) is 11.7 Å². The molecule has 1 aromatic heterocycles. The van der Waals surface area contributed by atoms with Crippen LogP contribution in [0, 0.1) is 5.92 Å². The van der Waals surface area contributed by atoms with Crippen LogP contribution in [0.5, 0.6) is 0 Å². The van der Waals surface area contributed by atoms with E-state index in [2.05, 4.69) is 18.8 Å². The van der Waals surface area contributed by atoms with Crippen LogP contribution < -0.4 is 0 Å². The van der Waals surface area contributed by atoms with E-state index in [9.17, 15) is 5.11 Å². The van der Waals surface area contributed by atoms with Gasteiger partial charge >= 0.3 is 0 Å². The zero-order chi connectivity index (χ0) is 9.68. The average molecular weight is 199 g/mol. The van der Waals surface area contributed by atoms with Crippen molar-refractivity contribution in [3.8, 4) is 0 Å². The molecule has 1 heterocycles. The van der Waals surface area contributed by atoms with E-state index < -0.39 is 0 Å². The maximum atomic E-state index is 9.81. The Labute approximate surface area is 83.6 Å². The zero-order valence-electron chi connectivity index (χ0n) is 8.23.